The zero-order chi connectivity index (χ0) is 39.6. The molecule has 7 nitrogen and oxygen atoms in total. The van der Waals surface area contributed by atoms with Crippen molar-refractivity contribution in [3.8, 4) is 0 Å². The number of aliphatic hydroxyl groups is 1. The lowest BCUT2D eigenvalue weighted by atomic mass is 9.79. The van der Waals surface area contributed by atoms with Crippen LogP contribution in [-0.2, 0) is 28.6 Å². The van der Waals surface area contributed by atoms with Gasteiger partial charge in [-0.1, -0.05) is 52.3 Å². The molecule has 0 unspecified atom stereocenters. The molecule has 0 aliphatic carbocycles. The van der Waals surface area contributed by atoms with Crippen LogP contribution in [0, 0.1) is 5.41 Å². The van der Waals surface area contributed by atoms with E-state index in [-0.39, 0.29) is 12.8 Å². The van der Waals surface area contributed by atoms with E-state index in [4.69, 9.17) is 5.11 Å². The van der Waals surface area contributed by atoms with Crippen LogP contribution in [0.15, 0.2) is 36.5 Å². The zero-order valence-corrected chi connectivity index (χ0v) is 27.5. The van der Waals surface area contributed by atoms with Crippen LogP contribution in [-0.4, -0.2) is 85.0 Å². The van der Waals surface area contributed by atoms with Gasteiger partial charge in [0.25, 0.3) is 0 Å². The fourth-order valence-electron chi connectivity index (χ4n) is 4.06. The largest absolute Gasteiger partial charge is 0.461 e. The molecule has 0 amide bonds. The van der Waals surface area contributed by atoms with Crippen molar-refractivity contribution in [1.82, 2.24) is 0 Å². The first-order valence-corrected chi connectivity index (χ1v) is 14.9. The maximum atomic E-state index is 15.4. The smallest absolute Gasteiger partial charge is 0.384 e. The lowest BCUT2D eigenvalue weighted by Gasteiger charge is -2.43. The van der Waals surface area contributed by atoms with Crippen molar-refractivity contribution in [3.63, 3.8) is 0 Å². The Bertz CT molecular complexity index is 1200. The SMILES string of the molecule is C=C(C)C(=O)OCC(COC(=O)C(=C)C)(COC(=O)C(=C)CCO)CC(F)(F)C(F)(F)C(F)(F)C(F)(F)C(F)(F)C(F)(F)CCCCCCC. The average molecular weight is 753 g/mol. The molecule has 19 heteroatoms. The van der Waals surface area contributed by atoms with Crippen molar-refractivity contribution in [2.24, 2.45) is 5.41 Å². The van der Waals surface area contributed by atoms with Gasteiger partial charge in [-0.3, -0.25) is 0 Å². The van der Waals surface area contributed by atoms with Gasteiger partial charge in [0, 0.05) is 42.6 Å². The molecule has 0 aliphatic rings. The molecule has 0 saturated heterocycles. The van der Waals surface area contributed by atoms with E-state index >= 15 is 17.6 Å². The molecule has 50 heavy (non-hydrogen) atoms. The van der Waals surface area contributed by atoms with Gasteiger partial charge < -0.3 is 19.3 Å². The summed E-state index contributed by atoms with van der Waals surface area (Å²) in [7, 11) is 0. The molecule has 0 aliphatic heterocycles. The number of ether oxygens (including phenoxy) is 3. The van der Waals surface area contributed by atoms with Gasteiger partial charge in [-0.25, -0.2) is 14.4 Å². The molecule has 0 heterocycles. The van der Waals surface area contributed by atoms with Gasteiger partial charge in [-0.2, -0.15) is 52.7 Å². The highest BCUT2D eigenvalue weighted by Gasteiger charge is 2.90. The van der Waals surface area contributed by atoms with Crippen LogP contribution in [0.25, 0.3) is 0 Å². The Hall–Kier alpha value is -3.25. The molecule has 0 saturated carbocycles. The predicted octanol–water partition coefficient (Wildman–Crippen LogP) is 8.26. The van der Waals surface area contributed by atoms with Crippen LogP contribution in [0.5, 0.6) is 0 Å². The number of hydrogen-bond acceptors (Lipinski definition) is 7. The zero-order valence-electron chi connectivity index (χ0n) is 27.5. The Labute approximate surface area is 280 Å². The van der Waals surface area contributed by atoms with E-state index in [0.29, 0.717) is 12.8 Å². The standard InChI is InChI=1S/C31H40F12O7/c1-7-8-9-10-11-13-26(32,33)28(36,37)30(40,41)31(42,43)29(38,39)27(34,35)15-25(16-48-22(45)19(2)3,17-49-23(46)20(4)5)18-50-24(47)21(6)12-14-44/h44H,2,4,6-18H2,1,3,5H3. The van der Waals surface area contributed by atoms with E-state index in [0.717, 1.165) is 13.8 Å². The molecule has 290 valence electrons. The van der Waals surface area contributed by atoms with Crippen LogP contribution in [0.1, 0.15) is 72.1 Å². The molecule has 0 spiro atoms. The average Bonchev–Trinajstić information content (AvgIpc) is 3.00. The third-order valence-corrected chi connectivity index (χ3v) is 7.22. The van der Waals surface area contributed by atoms with Crippen LogP contribution in [0.2, 0.25) is 0 Å². The Morgan fingerprint density at radius 1 is 0.580 bits per heavy atom. The van der Waals surface area contributed by atoms with E-state index in [1.165, 1.54) is 0 Å². The van der Waals surface area contributed by atoms with Gasteiger partial charge in [0.05, 0.1) is 5.41 Å². The predicted molar refractivity (Wildman–Crippen MR) is 153 cm³/mol. The molecular weight excluding hydrogens is 712 g/mol. The summed E-state index contributed by atoms with van der Waals surface area (Å²) < 4.78 is 191. The number of carbonyl (C=O) groups is 3. The third kappa shape index (κ3) is 10.9. The van der Waals surface area contributed by atoms with Gasteiger partial charge in [-0.15, -0.1) is 0 Å². The number of carbonyl (C=O) groups excluding carboxylic acids is 3. The fraction of sp³-hybridized carbons (Fsp3) is 0.710. The molecule has 0 atom stereocenters. The van der Waals surface area contributed by atoms with E-state index in [1.807, 2.05) is 0 Å². The Morgan fingerprint density at radius 3 is 1.34 bits per heavy atom. The molecule has 0 aromatic heterocycles. The summed E-state index contributed by atoms with van der Waals surface area (Å²) in [4.78, 5) is 36.4. The Morgan fingerprint density at radius 2 is 0.960 bits per heavy atom. The van der Waals surface area contributed by atoms with Crippen molar-refractivity contribution >= 4 is 17.9 Å². The third-order valence-electron chi connectivity index (χ3n) is 7.22. The van der Waals surface area contributed by atoms with Gasteiger partial charge in [0.2, 0.25) is 0 Å². The minimum Gasteiger partial charge on any atom is -0.461 e. The summed E-state index contributed by atoms with van der Waals surface area (Å²) in [5, 5.41) is 8.96. The second kappa shape index (κ2) is 17.8. The molecule has 1 N–H and O–H groups in total. The minimum atomic E-state index is -7.92. The van der Waals surface area contributed by atoms with Crippen molar-refractivity contribution < 1.29 is 86.4 Å². The van der Waals surface area contributed by atoms with Crippen LogP contribution in [0.3, 0.4) is 0 Å². The number of alkyl halides is 12. The molecular formula is C31H40F12O7. The number of unbranched alkanes of at least 4 members (excludes halogenated alkanes) is 4. The van der Waals surface area contributed by atoms with Gasteiger partial charge in [-0.05, 0) is 20.3 Å². The number of esters is 3. The maximum Gasteiger partial charge on any atom is 0.384 e. The van der Waals surface area contributed by atoms with Gasteiger partial charge in [0.1, 0.15) is 19.8 Å². The summed E-state index contributed by atoms with van der Waals surface area (Å²) in [6.45, 7) is 7.25. The lowest BCUT2D eigenvalue weighted by Crippen LogP contribution is -2.71. The molecule has 0 fully saturated rings. The number of hydrogen-bond donors (Lipinski definition) is 1. The lowest BCUT2D eigenvalue weighted by molar-refractivity contribution is -0.427. The highest BCUT2D eigenvalue weighted by atomic mass is 19.4. The highest BCUT2D eigenvalue weighted by Crippen LogP contribution is 2.62. The quantitative estimate of drug-likeness (QED) is 0.0349. The minimum absolute atomic E-state index is 0.144. The van der Waals surface area contributed by atoms with Gasteiger partial charge >= 0.3 is 53.4 Å². The van der Waals surface area contributed by atoms with Crippen molar-refractivity contribution in [2.75, 3.05) is 26.4 Å². The summed E-state index contributed by atoms with van der Waals surface area (Å²) in [6.07, 6.45) is -5.79. The van der Waals surface area contributed by atoms with Gasteiger partial charge in [0.15, 0.2) is 0 Å². The Balaban J connectivity index is 7.05. The van der Waals surface area contributed by atoms with Crippen LogP contribution >= 0.6 is 0 Å². The molecule has 0 bridgehead atoms. The first-order chi connectivity index (χ1) is 22.5. The van der Waals surface area contributed by atoms with Crippen LogP contribution < -0.4 is 0 Å². The Kier molecular flexibility index (Phi) is 16.6. The maximum absolute atomic E-state index is 15.4. The monoisotopic (exact) mass is 752 g/mol. The summed E-state index contributed by atoms with van der Waals surface area (Å²) >= 11 is 0. The van der Waals surface area contributed by atoms with Crippen molar-refractivity contribution in [3.05, 3.63) is 36.5 Å². The normalized spacial score (nSPS) is 13.4. The molecule has 0 aromatic rings. The highest BCUT2D eigenvalue weighted by molar-refractivity contribution is 5.88. The van der Waals surface area contributed by atoms with E-state index < -0.39 is 128 Å². The molecule has 0 radical (unpaired) electrons. The fourth-order valence-corrected chi connectivity index (χ4v) is 4.06. The summed E-state index contributed by atoms with van der Waals surface area (Å²) in [6, 6.07) is 0. The van der Waals surface area contributed by atoms with Crippen molar-refractivity contribution in [2.45, 2.75) is 108 Å². The number of aliphatic hydroxyl groups excluding tert-OH is 1. The first kappa shape index (κ1) is 46.8. The van der Waals surface area contributed by atoms with E-state index in [2.05, 4.69) is 33.9 Å². The van der Waals surface area contributed by atoms with Crippen molar-refractivity contribution in [1.29, 1.82) is 0 Å². The first-order valence-electron chi connectivity index (χ1n) is 14.9. The number of rotatable bonds is 24. The van der Waals surface area contributed by atoms with E-state index in [1.54, 1.807) is 6.92 Å². The second-order valence-electron chi connectivity index (χ2n) is 11.9. The molecule has 0 rings (SSSR count). The molecule has 0 aromatic carbocycles. The number of halogens is 12. The summed E-state index contributed by atoms with van der Waals surface area (Å²) in [5.41, 5.74) is -4.82. The second-order valence-corrected chi connectivity index (χ2v) is 11.9. The van der Waals surface area contributed by atoms with E-state index in [9.17, 15) is 49.5 Å². The van der Waals surface area contributed by atoms with Crippen LogP contribution in [0.4, 0.5) is 52.7 Å². The topological polar surface area (TPSA) is 99.1 Å². The summed E-state index contributed by atoms with van der Waals surface area (Å²) in [5.74, 6) is -47.9.